The Labute approximate surface area is 288 Å². The summed E-state index contributed by atoms with van der Waals surface area (Å²) in [5.74, 6) is 0. The Bertz CT molecular complexity index is 1510. The topological polar surface area (TPSA) is 0 Å². The Kier molecular flexibility index (Phi) is 10.6. The molecule has 6 rings (SSSR count). The van der Waals surface area contributed by atoms with Crippen molar-refractivity contribution in [3.8, 4) is 11.1 Å². The summed E-state index contributed by atoms with van der Waals surface area (Å²) in [5.41, 5.74) is 14.3. The second kappa shape index (κ2) is 13.1. The Morgan fingerprint density at radius 3 is 1.66 bits per heavy atom. The molecule has 0 saturated heterocycles. The molecule has 0 atom stereocenters. The van der Waals surface area contributed by atoms with E-state index in [1.807, 2.05) is 6.49 Å². The maximum absolute atomic E-state index is 2.71. The summed E-state index contributed by atoms with van der Waals surface area (Å²) >= 11 is -2.39. The molecular formula is C41H52Cl2Zr. The van der Waals surface area contributed by atoms with Gasteiger partial charge < -0.3 is 24.8 Å². The maximum atomic E-state index is 2.71. The largest absolute Gasteiger partial charge is 1.00 e. The van der Waals surface area contributed by atoms with E-state index in [9.17, 15) is 0 Å². The van der Waals surface area contributed by atoms with Gasteiger partial charge in [0.15, 0.2) is 0 Å². The van der Waals surface area contributed by atoms with Gasteiger partial charge >= 0.3 is 266 Å². The second-order valence-electron chi connectivity index (χ2n) is 15.6. The van der Waals surface area contributed by atoms with Gasteiger partial charge in [0.25, 0.3) is 0 Å². The van der Waals surface area contributed by atoms with Crippen molar-refractivity contribution >= 4 is 15.4 Å². The number of fused-ring (bicyclic) bond motifs is 5. The molecule has 0 heterocycles. The number of halogens is 2. The summed E-state index contributed by atoms with van der Waals surface area (Å²) in [6.45, 7) is 21.6. The average molecular weight is 707 g/mol. The van der Waals surface area contributed by atoms with E-state index in [-0.39, 0.29) is 41.1 Å². The molecule has 0 amide bonds. The minimum Gasteiger partial charge on any atom is -1.00 e. The molecule has 4 aliphatic carbocycles. The molecule has 0 aromatic heterocycles. The molecule has 2 aromatic carbocycles. The van der Waals surface area contributed by atoms with Crippen molar-refractivity contribution in [2.75, 3.05) is 0 Å². The second-order valence-corrected chi connectivity index (χ2v) is 22.4. The number of hydrogen-bond donors (Lipinski definition) is 0. The van der Waals surface area contributed by atoms with Crippen LogP contribution in [0.3, 0.4) is 0 Å². The molecular weight excluding hydrogens is 655 g/mol. The van der Waals surface area contributed by atoms with Gasteiger partial charge in [-0.15, -0.1) is 0 Å². The van der Waals surface area contributed by atoms with Gasteiger partial charge in [-0.3, -0.25) is 0 Å². The van der Waals surface area contributed by atoms with E-state index >= 15 is 0 Å². The van der Waals surface area contributed by atoms with Crippen LogP contribution in [0.25, 0.3) is 23.3 Å². The quantitative estimate of drug-likeness (QED) is 0.326. The summed E-state index contributed by atoms with van der Waals surface area (Å²) in [4.78, 5) is 0. The monoisotopic (exact) mass is 704 g/mol. The molecule has 2 aromatic rings. The minimum absolute atomic E-state index is 0. The predicted octanol–water partition coefficient (Wildman–Crippen LogP) is 5.80. The van der Waals surface area contributed by atoms with E-state index in [4.69, 9.17) is 0 Å². The van der Waals surface area contributed by atoms with Gasteiger partial charge in [0.1, 0.15) is 0 Å². The first kappa shape index (κ1) is 35.6. The van der Waals surface area contributed by atoms with Crippen LogP contribution in [0, 0.1) is 5.41 Å². The van der Waals surface area contributed by atoms with Crippen LogP contribution in [-0.4, -0.2) is 3.21 Å². The van der Waals surface area contributed by atoms with Crippen LogP contribution in [0.15, 0.2) is 57.4 Å². The van der Waals surface area contributed by atoms with Crippen molar-refractivity contribution in [1.82, 2.24) is 0 Å². The normalized spacial score (nSPS) is 17.9. The molecule has 0 bridgehead atoms. The van der Waals surface area contributed by atoms with Crippen LogP contribution in [0.1, 0.15) is 144 Å². The summed E-state index contributed by atoms with van der Waals surface area (Å²) in [6, 6.07) is 10.5. The first-order valence-corrected chi connectivity index (χ1v) is 20.6. The molecule has 0 nitrogen and oxygen atoms in total. The van der Waals surface area contributed by atoms with E-state index in [0.29, 0.717) is 3.63 Å². The zero-order chi connectivity index (χ0) is 30.0. The fourth-order valence-corrected chi connectivity index (χ4v) is 17.4. The predicted molar refractivity (Wildman–Crippen MR) is 182 cm³/mol. The third kappa shape index (κ3) is 6.21. The number of unbranched alkanes of at least 4 members (excludes halogenated alkanes) is 2. The molecule has 3 heteroatoms. The van der Waals surface area contributed by atoms with Crippen molar-refractivity contribution in [3.05, 3.63) is 90.8 Å². The molecule has 0 aliphatic heterocycles. The average Bonchev–Trinajstić information content (AvgIpc) is 3.68. The number of allylic oxidation sites excluding steroid dienone is 6. The van der Waals surface area contributed by atoms with Crippen molar-refractivity contribution in [2.45, 2.75) is 122 Å². The molecule has 0 spiro atoms. The van der Waals surface area contributed by atoms with Crippen LogP contribution < -0.4 is 24.8 Å². The summed E-state index contributed by atoms with van der Waals surface area (Å²) in [6.07, 6.45) is 24.0. The Balaban J connectivity index is 0.00000221. The van der Waals surface area contributed by atoms with Gasteiger partial charge in [0.05, 0.1) is 0 Å². The molecule has 44 heavy (non-hydrogen) atoms. The van der Waals surface area contributed by atoms with Crippen LogP contribution in [0.2, 0.25) is 0 Å². The fourth-order valence-electron chi connectivity index (χ4n) is 7.88. The van der Waals surface area contributed by atoms with Crippen LogP contribution in [0.4, 0.5) is 0 Å². The molecule has 234 valence electrons. The van der Waals surface area contributed by atoms with E-state index < -0.39 is 21.3 Å². The van der Waals surface area contributed by atoms with Crippen molar-refractivity contribution in [2.24, 2.45) is 5.41 Å². The number of benzene rings is 2. The van der Waals surface area contributed by atoms with Crippen molar-refractivity contribution in [1.29, 1.82) is 0 Å². The van der Waals surface area contributed by atoms with Gasteiger partial charge in [-0.1, -0.05) is 0 Å². The fraction of sp³-hybridized carbons (Fsp3) is 0.488. The zero-order valence-corrected chi connectivity index (χ0v) is 32.5. The number of rotatable bonds is 8. The van der Waals surface area contributed by atoms with Crippen molar-refractivity contribution < 1.29 is 46.1 Å². The Morgan fingerprint density at radius 2 is 1.25 bits per heavy atom. The van der Waals surface area contributed by atoms with E-state index in [1.54, 1.807) is 16.7 Å². The van der Waals surface area contributed by atoms with Crippen LogP contribution >= 0.6 is 0 Å². The Morgan fingerprint density at radius 1 is 0.773 bits per heavy atom. The van der Waals surface area contributed by atoms with E-state index in [0.717, 1.165) is 0 Å². The van der Waals surface area contributed by atoms with Crippen LogP contribution in [-0.2, 0) is 32.1 Å². The third-order valence-electron chi connectivity index (χ3n) is 10.5. The van der Waals surface area contributed by atoms with Gasteiger partial charge in [0.2, 0.25) is 0 Å². The van der Waals surface area contributed by atoms with Crippen molar-refractivity contribution in [3.63, 3.8) is 0 Å². The van der Waals surface area contributed by atoms with Gasteiger partial charge in [0, 0.05) is 0 Å². The number of hydrogen-bond acceptors (Lipinski definition) is 0. The molecule has 4 aliphatic rings. The van der Waals surface area contributed by atoms with Gasteiger partial charge in [-0.25, -0.2) is 0 Å². The van der Waals surface area contributed by atoms with Gasteiger partial charge in [-0.05, 0) is 0 Å². The van der Waals surface area contributed by atoms with Crippen LogP contribution in [0.5, 0.6) is 0 Å². The molecule has 0 unspecified atom stereocenters. The van der Waals surface area contributed by atoms with E-state index in [1.165, 1.54) is 78.3 Å². The molecule has 0 fully saturated rings. The summed E-state index contributed by atoms with van der Waals surface area (Å²) in [5, 5.41) is 0. The first-order chi connectivity index (χ1) is 19.9. The van der Waals surface area contributed by atoms with Gasteiger partial charge in [-0.2, -0.15) is 0 Å². The standard InChI is InChI=1S/C23H21.C9H13.C9H18.2ClH.Zr/c1-22(2)7-5-14-10-18-16(12-20(14)22)9-17-13-21-15(11-19(17)18)6-8-23(21,3)4;1-9(2,3)8-6-4-5-7-8;1-3-5-7-9-8-6-4-2;;;/h5-13H,1-4H3;6-7H,4H2,1-3H3;3-8H2,1-2H3;2*1H;/q;;;;;+2/p-2. The third-order valence-corrected chi connectivity index (χ3v) is 19.1. The summed E-state index contributed by atoms with van der Waals surface area (Å²) in [7, 11) is 0. The minimum atomic E-state index is -2.39. The van der Waals surface area contributed by atoms with E-state index in [2.05, 4.69) is 123 Å². The smallest absolute Gasteiger partial charge is 1.00 e. The molecule has 0 N–H and O–H groups in total. The summed E-state index contributed by atoms with van der Waals surface area (Å²) < 4.78 is 4.42. The Hall–Kier alpha value is -1.27. The molecule has 0 saturated carbocycles. The molecule has 0 radical (unpaired) electrons. The first-order valence-electron chi connectivity index (χ1n) is 16.7. The zero-order valence-electron chi connectivity index (χ0n) is 28.6. The maximum Gasteiger partial charge on any atom is -1.00 e. The SMILES string of the molecule is CCCC[C](CCCC)=[Zr+2]([C]1=CC(C(C)(C)C)=CC1)[CH]1c2cc3c(cc2-c2cc4c(cc21)C(C)(C)C=C4)C=CC3(C)C.[Cl-].[Cl-].